The van der Waals surface area contributed by atoms with Crippen LogP contribution >= 0.6 is 0 Å². The Morgan fingerprint density at radius 3 is 2.19 bits per heavy atom. The number of benzene rings is 2. The summed E-state index contributed by atoms with van der Waals surface area (Å²) in [6.45, 7) is 0. The molecule has 0 radical (unpaired) electrons. The topological polar surface area (TPSA) is 52.0 Å². The van der Waals surface area contributed by atoms with E-state index in [1.807, 2.05) is 36.4 Å². The summed E-state index contributed by atoms with van der Waals surface area (Å²) in [5.74, 6) is -0.134. The van der Waals surface area contributed by atoms with Gasteiger partial charge in [0.1, 0.15) is 5.69 Å². The number of nitrogens with zero attached hydrogens (tertiary/aromatic N) is 2. The molecule has 0 saturated carbocycles. The van der Waals surface area contributed by atoms with E-state index in [0.717, 1.165) is 5.56 Å². The van der Waals surface area contributed by atoms with E-state index in [1.165, 1.54) is 10.7 Å². The average Bonchev–Trinajstić information content (AvgIpc) is 2.80. The second kappa shape index (κ2) is 4.24. The Morgan fingerprint density at radius 2 is 1.43 bits per heavy atom. The van der Waals surface area contributed by atoms with Gasteiger partial charge in [-0.3, -0.25) is 9.59 Å². The van der Waals surface area contributed by atoms with Crippen LogP contribution in [-0.4, -0.2) is 15.6 Å². The zero-order valence-electron chi connectivity index (χ0n) is 11.0. The third-order valence-electron chi connectivity index (χ3n) is 3.61. The lowest BCUT2D eigenvalue weighted by Gasteiger charge is -2.06. The van der Waals surface area contributed by atoms with Gasteiger partial charge in [0, 0.05) is 17.2 Å². The number of hydrogen-bond acceptors (Lipinski definition) is 3. The van der Waals surface area contributed by atoms with Crippen molar-refractivity contribution in [1.29, 1.82) is 0 Å². The molecule has 100 valence electrons. The van der Waals surface area contributed by atoms with Gasteiger partial charge in [-0.1, -0.05) is 42.5 Å². The molecule has 3 aromatic rings. The molecule has 0 aliphatic heterocycles. The van der Waals surface area contributed by atoms with Gasteiger partial charge in [0.2, 0.25) is 5.78 Å². The van der Waals surface area contributed by atoms with Crippen molar-refractivity contribution >= 4 is 5.78 Å². The van der Waals surface area contributed by atoms with Crippen LogP contribution in [0.2, 0.25) is 0 Å². The standard InChI is InChI=1S/C17H10N2O2/c20-15-10-14-12-8-4-5-9-13(12)17(21)16(14)18-19(15)11-6-2-1-3-7-11/h1-10H. The molecule has 4 nitrogen and oxygen atoms in total. The van der Waals surface area contributed by atoms with E-state index in [4.69, 9.17) is 0 Å². The number of carbonyl (C=O) groups is 1. The lowest BCUT2D eigenvalue weighted by Crippen LogP contribution is -2.22. The van der Waals surface area contributed by atoms with Crippen LogP contribution in [0.4, 0.5) is 0 Å². The number of ketones is 1. The molecule has 4 rings (SSSR count). The Balaban J connectivity index is 1.99. The summed E-state index contributed by atoms with van der Waals surface area (Å²) in [5, 5.41) is 4.27. The summed E-state index contributed by atoms with van der Waals surface area (Å²) in [7, 11) is 0. The maximum Gasteiger partial charge on any atom is 0.272 e. The number of carbonyl (C=O) groups excluding carboxylic acids is 1. The Bertz CT molecular complexity index is 927. The third kappa shape index (κ3) is 1.66. The van der Waals surface area contributed by atoms with Gasteiger partial charge in [0.25, 0.3) is 5.56 Å². The summed E-state index contributed by atoms with van der Waals surface area (Å²) in [5.41, 5.74) is 2.73. The summed E-state index contributed by atoms with van der Waals surface area (Å²) in [4.78, 5) is 24.7. The predicted octanol–water partition coefficient (Wildman–Crippen LogP) is 2.44. The van der Waals surface area contributed by atoms with E-state index in [2.05, 4.69) is 5.10 Å². The minimum atomic E-state index is -0.246. The van der Waals surface area contributed by atoms with E-state index in [1.54, 1.807) is 18.2 Å². The molecular weight excluding hydrogens is 264 g/mol. The van der Waals surface area contributed by atoms with Crippen LogP contribution < -0.4 is 5.56 Å². The molecule has 1 heterocycles. The molecule has 0 N–H and O–H groups in total. The van der Waals surface area contributed by atoms with Crippen molar-refractivity contribution in [2.45, 2.75) is 0 Å². The summed E-state index contributed by atoms with van der Waals surface area (Å²) < 4.78 is 1.27. The van der Waals surface area contributed by atoms with Crippen LogP contribution in [0.15, 0.2) is 65.5 Å². The second-order valence-corrected chi connectivity index (χ2v) is 4.87. The van der Waals surface area contributed by atoms with Gasteiger partial charge >= 0.3 is 0 Å². The highest BCUT2D eigenvalue weighted by molar-refractivity contribution is 6.20. The van der Waals surface area contributed by atoms with Crippen molar-refractivity contribution in [2.75, 3.05) is 0 Å². The molecule has 4 heteroatoms. The van der Waals surface area contributed by atoms with E-state index in [-0.39, 0.29) is 11.3 Å². The van der Waals surface area contributed by atoms with Gasteiger partial charge in [0.05, 0.1) is 5.69 Å². The monoisotopic (exact) mass is 274 g/mol. The Hall–Kier alpha value is -3.01. The summed E-state index contributed by atoms with van der Waals surface area (Å²) in [6, 6.07) is 17.8. The SMILES string of the molecule is O=C1c2ccccc2-c2cc(=O)n(-c3ccccc3)nc21. The first-order valence-electron chi connectivity index (χ1n) is 6.59. The molecule has 0 fully saturated rings. The second-order valence-electron chi connectivity index (χ2n) is 4.87. The largest absolute Gasteiger partial charge is 0.287 e. The maximum absolute atomic E-state index is 12.4. The van der Waals surface area contributed by atoms with Gasteiger partial charge < -0.3 is 0 Å². The molecule has 2 aromatic carbocycles. The molecule has 0 atom stereocenters. The van der Waals surface area contributed by atoms with Crippen molar-refractivity contribution in [3.63, 3.8) is 0 Å². The molecule has 1 aliphatic carbocycles. The summed E-state index contributed by atoms with van der Waals surface area (Å²) in [6.07, 6.45) is 0. The van der Waals surface area contributed by atoms with E-state index < -0.39 is 0 Å². The Morgan fingerprint density at radius 1 is 0.762 bits per heavy atom. The minimum absolute atomic E-state index is 0.134. The minimum Gasteiger partial charge on any atom is -0.287 e. The van der Waals surface area contributed by atoms with Crippen molar-refractivity contribution in [2.24, 2.45) is 0 Å². The van der Waals surface area contributed by atoms with Crippen molar-refractivity contribution < 1.29 is 4.79 Å². The third-order valence-corrected chi connectivity index (χ3v) is 3.61. The van der Waals surface area contributed by atoms with Gasteiger partial charge in [-0.2, -0.15) is 9.78 Å². The number of hydrogen-bond donors (Lipinski definition) is 0. The van der Waals surface area contributed by atoms with Crippen LogP contribution in [0.3, 0.4) is 0 Å². The first-order chi connectivity index (χ1) is 10.3. The molecule has 21 heavy (non-hydrogen) atoms. The Kier molecular flexibility index (Phi) is 2.38. The number of rotatable bonds is 1. The smallest absolute Gasteiger partial charge is 0.272 e. The lowest BCUT2D eigenvalue weighted by molar-refractivity contribution is 0.103. The zero-order valence-corrected chi connectivity index (χ0v) is 11.0. The van der Waals surface area contributed by atoms with Crippen LogP contribution in [0.5, 0.6) is 0 Å². The molecule has 0 amide bonds. The van der Waals surface area contributed by atoms with Crippen molar-refractivity contribution in [3.05, 3.63) is 82.3 Å². The molecule has 0 unspecified atom stereocenters. The van der Waals surface area contributed by atoms with E-state index >= 15 is 0 Å². The molecule has 0 spiro atoms. The predicted molar refractivity (Wildman–Crippen MR) is 78.7 cm³/mol. The highest BCUT2D eigenvalue weighted by atomic mass is 16.1. The van der Waals surface area contributed by atoms with Gasteiger partial charge in [-0.15, -0.1) is 0 Å². The quantitative estimate of drug-likeness (QED) is 0.535. The van der Waals surface area contributed by atoms with Crippen LogP contribution in [-0.2, 0) is 0 Å². The molecule has 1 aromatic heterocycles. The number of para-hydroxylation sites is 1. The highest BCUT2D eigenvalue weighted by Crippen LogP contribution is 2.34. The normalized spacial score (nSPS) is 12.1. The van der Waals surface area contributed by atoms with Gasteiger partial charge in [-0.25, -0.2) is 0 Å². The van der Waals surface area contributed by atoms with Crippen LogP contribution in [0.25, 0.3) is 16.8 Å². The fourth-order valence-electron chi connectivity index (χ4n) is 2.63. The first-order valence-corrected chi connectivity index (χ1v) is 6.59. The number of fused-ring (bicyclic) bond motifs is 3. The lowest BCUT2D eigenvalue weighted by atomic mass is 10.1. The molecular formula is C17H10N2O2. The first kappa shape index (κ1) is 11.8. The fourth-order valence-corrected chi connectivity index (χ4v) is 2.63. The van der Waals surface area contributed by atoms with Crippen LogP contribution in [0.1, 0.15) is 16.1 Å². The van der Waals surface area contributed by atoms with E-state index in [9.17, 15) is 9.59 Å². The van der Waals surface area contributed by atoms with Crippen molar-refractivity contribution in [1.82, 2.24) is 9.78 Å². The highest BCUT2D eigenvalue weighted by Gasteiger charge is 2.29. The number of aromatic nitrogens is 2. The molecule has 0 bridgehead atoms. The molecule has 1 aliphatic rings. The van der Waals surface area contributed by atoms with Gasteiger partial charge in [-0.05, 0) is 17.7 Å². The van der Waals surface area contributed by atoms with Gasteiger partial charge in [0.15, 0.2) is 0 Å². The Labute approximate surface area is 120 Å². The summed E-state index contributed by atoms with van der Waals surface area (Å²) >= 11 is 0. The average molecular weight is 274 g/mol. The maximum atomic E-state index is 12.4. The van der Waals surface area contributed by atoms with E-state index in [0.29, 0.717) is 22.5 Å². The zero-order chi connectivity index (χ0) is 14.4. The van der Waals surface area contributed by atoms with Crippen LogP contribution in [0, 0.1) is 0 Å². The molecule has 0 saturated heterocycles. The fraction of sp³-hybridized carbons (Fsp3) is 0. The van der Waals surface area contributed by atoms with Crippen molar-refractivity contribution in [3.8, 4) is 16.8 Å².